The Hall–Kier alpha value is -1.22. The Bertz CT molecular complexity index is 428. The van der Waals surface area contributed by atoms with Gasteiger partial charge < -0.3 is 10.1 Å². The van der Waals surface area contributed by atoms with Crippen molar-refractivity contribution in [1.82, 2.24) is 5.32 Å². The van der Waals surface area contributed by atoms with Crippen molar-refractivity contribution < 1.29 is 9.53 Å². The molecule has 1 aromatic carbocycles. The molecule has 1 amide bonds. The second kappa shape index (κ2) is 6.10. The largest absolute Gasteiger partial charge is 0.496 e. The molecule has 1 N–H and O–H groups in total. The van der Waals surface area contributed by atoms with Crippen molar-refractivity contribution in [2.45, 2.75) is 32.2 Å². The lowest BCUT2D eigenvalue weighted by Gasteiger charge is -2.13. The van der Waals surface area contributed by atoms with E-state index >= 15 is 0 Å². The van der Waals surface area contributed by atoms with Gasteiger partial charge in [-0.05, 0) is 31.0 Å². The summed E-state index contributed by atoms with van der Waals surface area (Å²) in [6.45, 7) is 0.471. The van der Waals surface area contributed by atoms with E-state index in [2.05, 4.69) is 5.32 Å². The van der Waals surface area contributed by atoms with E-state index in [-0.39, 0.29) is 11.8 Å². The van der Waals surface area contributed by atoms with Crippen molar-refractivity contribution in [1.29, 1.82) is 0 Å². The molecular formula is C14H18ClNO2. The predicted molar refractivity (Wildman–Crippen MR) is 71.8 cm³/mol. The number of benzene rings is 1. The first-order chi connectivity index (χ1) is 8.70. The normalized spacial score (nSPS) is 15.7. The number of rotatable bonds is 4. The first kappa shape index (κ1) is 13.2. The smallest absolute Gasteiger partial charge is 0.223 e. The molecule has 0 spiro atoms. The lowest BCUT2D eigenvalue weighted by Crippen LogP contribution is -2.28. The van der Waals surface area contributed by atoms with Crippen LogP contribution in [0.3, 0.4) is 0 Å². The molecule has 2 rings (SSSR count). The summed E-state index contributed by atoms with van der Waals surface area (Å²) in [7, 11) is 1.62. The summed E-state index contributed by atoms with van der Waals surface area (Å²) >= 11 is 5.95. The molecule has 18 heavy (non-hydrogen) atoms. The summed E-state index contributed by atoms with van der Waals surface area (Å²) in [6, 6.07) is 5.43. The van der Waals surface area contributed by atoms with Crippen LogP contribution in [0.1, 0.15) is 31.2 Å². The number of amides is 1. The van der Waals surface area contributed by atoms with E-state index in [4.69, 9.17) is 16.3 Å². The van der Waals surface area contributed by atoms with Crippen LogP contribution in [-0.4, -0.2) is 13.0 Å². The van der Waals surface area contributed by atoms with Crippen molar-refractivity contribution in [3.63, 3.8) is 0 Å². The van der Waals surface area contributed by atoms with Gasteiger partial charge in [0.05, 0.1) is 7.11 Å². The van der Waals surface area contributed by atoms with Gasteiger partial charge in [-0.2, -0.15) is 0 Å². The van der Waals surface area contributed by atoms with Gasteiger partial charge in [-0.25, -0.2) is 0 Å². The van der Waals surface area contributed by atoms with Crippen molar-refractivity contribution in [2.75, 3.05) is 7.11 Å². The summed E-state index contributed by atoms with van der Waals surface area (Å²) < 4.78 is 5.25. The first-order valence-electron chi connectivity index (χ1n) is 6.31. The molecule has 1 aliphatic rings. The molecule has 0 aliphatic heterocycles. The molecule has 0 unspecified atom stereocenters. The van der Waals surface area contributed by atoms with E-state index in [1.165, 1.54) is 12.8 Å². The van der Waals surface area contributed by atoms with Crippen molar-refractivity contribution in [2.24, 2.45) is 5.92 Å². The van der Waals surface area contributed by atoms with Crippen molar-refractivity contribution in [3.8, 4) is 5.75 Å². The number of halogens is 1. The van der Waals surface area contributed by atoms with Gasteiger partial charge in [-0.3, -0.25) is 4.79 Å². The van der Waals surface area contributed by atoms with E-state index in [0.29, 0.717) is 11.6 Å². The van der Waals surface area contributed by atoms with Gasteiger partial charge in [0.2, 0.25) is 5.91 Å². The summed E-state index contributed by atoms with van der Waals surface area (Å²) in [5.74, 6) is 1.09. The van der Waals surface area contributed by atoms with Crippen LogP contribution in [0.15, 0.2) is 18.2 Å². The standard InChI is InChI=1S/C14H18ClNO2/c1-18-13-7-6-12(15)8-11(13)9-16-14(17)10-4-2-3-5-10/h6-8,10H,2-5,9H2,1H3,(H,16,17). The molecule has 1 aromatic rings. The Morgan fingerprint density at radius 3 is 2.83 bits per heavy atom. The summed E-state index contributed by atoms with van der Waals surface area (Å²) in [6.07, 6.45) is 4.36. The third kappa shape index (κ3) is 3.16. The van der Waals surface area contributed by atoms with Gasteiger partial charge in [-0.1, -0.05) is 24.4 Å². The highest BCUT2D eigenvalue weighted by atomic mass is 35.5. The first-order valence-corrected chi connectivity index (χ1v) is 6.68. The fourth-order valence-electron chi connectivity index (χ4n) is 2.40. The van der Waals surface area contributed by atoms with Crippen LogP contribution in [-0.2, 0) is 11.3 Å². The highest BCUT2D eigenvalue weighted by Gasteiger charge is 2.22. The third-order valence-electron chi connectivity index (χ3n) is 3.42. The number of carbonyl (C=O) groups excluding carboxylic acids is 1. The molecule has 1 aliphatic carbocycles. The molecule has 3 nitrogen and oxygen atoms in total. The number of carbonyl (C=O) groups is 1. The Balaban J connectivity index is 1.96. The molecule has 1 fully saturated rings. The average Bonchev–Trinajstić information content (AvgIpc) is 2.90. The van der Waals surface area contributed by atoms with Gasteiger partial charge in [0.25, 0.3) is 0 Å². The SMILES string of the molecule is COc1ccc(Cl)cc1CNC(=O)C1CCCC1. The Morgan fingerprint density at radius 2 is 2.17 bits per heavy atom. The number of nitrogens with one attached hydrogen (secondary N) is 1. The molecule has 0 aromatic heterocycles. The molecule has 0 bridgehead atoms. The zero-order chi connectivity index (χ0) is 13.0. The zero-order valence-corrected chi connectivity index (χ0v) is 11.3. The second-order valence-corrected chi connectivity index (χ2v) is 5.09. The van der Waals surface area contributed by atoms with Crippen LogP contribution >= 0.6 is 11.6 Å². The average molecular weight is 268 g/mol. The van der Waals surface area contributed by atoms with Gasteiger partial charge in [-0.15, -0.1) is 0 Å². The summed E-state index contributed by atoms with van der Waals surface area (Å²) in [5, 5.41) is 3.62. The van der Waals surface area contributed by atoms with Gasteiger partial charge in [0.15, 0.2) is 0 Å². The van der Waals surface area contributed by atoms with Gasteiger partial charge in [0.1, 0.15) is 5.75 Å². The van der Waals surface area contributed by atoms with E-state index in [0.717, 1.165) is 24.2 Å². The van der Waals surface area contributed by atoms with Crippen molar-refractivity contribution >= 4 is 17.5 Å². The topological polar surface area (TPSA) is 38.3 Å². The molecule has 0 atom stereocenters. The van der Waals surface area contributed by atoms with Gasteiger partial charge >= 0.3 is 0 Å². The lowest BCUT2D eigenvalue weighted by molar-refractivity contribution is -0.124. The maximum absolute atomic E-state index is 11.9. The van der Waals surface area contributed by atoms with Crippen LogP contribution in [0.4, 0.5) is 0 Å². The Morgan fingerprint density at radius 1 is 1.44 bits per heavy atom. The van der Waals surface area contributed by atoms with E-state index < -0.39 is 0 Å². The Kier molecular flexibility index (Phi) is 4.48. The van der Waals surface area contributed by atoms with E-state index in [1.807, 2.05) is 12.1 Å². The molecule has 0 heterocycles. The third-order valence-corrected chi connectivity index (χ3v) is 3.66. The molecule has 4 heteroatoms. The number of hydrogen-bond donors (Lipinski definition) is 1. The minimum atomic E-state index is 0.148. The quantitative estimate of drug-likeness (QED) is 0.910. The minimum Gasteiger partial charge on any atom is -0.496 e. The fraction of sp³-hybridized carbons (Fsp3) is 0.500. The zero-order valence-electron chi connectivity index (χ0n) is 10.5. The number of methoxy groups -OCH3 is 1. The monoisotopic (exact) mass is 267 g/mol. The van der Waals surface area contributed by atoms with Crippen LogP contribution in [0, 0.1) is 5.92 Å². The van der Waals surface area contributed by atoms with E-state index in [1.54, 1.807) is 13.2 Å². The van der Waals surface area contributed by atoms with Crippen LogP contribution in [0.25, 0.3) is 0 Å². The lowest BCUT2D eigenvalue weighted by atomic mass is 10.1. The fourth-order valence-corrected chi connectivity index (χ4v) is 2.59. The maximum Gasteiger partial charge on any atom is 0.223 e. The highest BCUT2D eigenvalue weighted by molar-refractivity contribution is 6.30. The van der Waals surface area contributed by atoms with E-state index in [9.17, 15) is 4.79 Å². The van der Waals surface area contributed by atoms with Crippen LogP contribution in [0.5, 0.6) is 5.75 Å². The molecular weight excluding hydrogens is 250 g/mol. The molecule has 1 saturated carbocycles. The molecule has 0 saturated heterocycles. The highest BCUT2D eigenvalue weighted by Crippen LogP contribution is 2.26. The summed E-state index contributed by atoms with van der Waals surface area (Å²) in [4.78, 5) is 11.9. The molecule has 0 radical (unpaired) electrons. The van der Waals surface area contributed by atoms with Crippen molar-refractivity contribution in [3.05, 3.63) is 28.8 Å². The second-order valence-electron chi connectivity index (χ2n) is 4.66. The number of ether oxygens (including phenoxy) is 1. The maximum atomic E-state index is 11.9. The minimum absolute atomic E-state index is 0.148. The van der Waals surface area contributed by atoms with Gasteiger partial charge in [0, 0.05) is 23.0 Å². The predicted octanol–water partition coefficient (Wildman–Crippen LogP) is 3.16. The van der Waals surface area contributed by atoms with Crippen LogP contribution in [0.2, 0.25) is 5.02 Å². The molecule has 98 valence electrons. The Labute approximate surface area is 112 Å². The summed E-state index contributed by atoms with van der Waals surface area (Å²) in [5.41, 5.74) is 0.913. The number of hydrogen-bond acceptors (Lipinski definition) is 2. The van der Waals surface area contributed by atoms with Crippen LogP contribution < -0.4 is 10.1 Å².